The highest BCUT2D eigenvalue weighted by molar-refractivity contribution is 6.31. The molecule has 0 aliphatic rings. The minimum atomic E-state index is -0.565. The predicted octanol–water partition coefficient (Wildman–Crippen LogP) is 2.56. The summed E-state index contributed by atoms with van der Waals surface area (Å²) >= 11 is 6.13. The van der Waals surface area contributed by atoms with E-state index in [0.29, 0.717) is 22.9 Å². The maximum Gasteiger partial charge on any atom is 0.325 e. The topological polar surface area (TPSA) is 124 Å². The maximum absolute atomic E-state index is 12.2. The molecule has 0 radical (unpaired) electrons. The summed E-state index contributed by atoms with van der Waals surface area (Å²) in [6, 6.07) is 7.51. The molecular formula is C20H16ClN7O2. The Balaban J connectivity index is 1.45. The summed E-state index contributed by atoms with van der Waals surface area (Å²) in [6.45, 7) is 0.632. The Hall–Kier alpha value is -3.85. The van der Waals surface area contributed by atoms with Crippen LogP contribution >= 0.6 is 11.6 Å². The molecule has 5 aromatic rings. The number of H-pyrrole nitrogens is 3. The largest absolute Gasteiger partial charge is 0.382 e. The second kappa shape index (κ2) is 7.20. The first kappa shape index (κ1) is 18.2. The molecule has 0 aliphatic heterocycles. The SMILES string of the molecule is O=c1[nH]cc(-c2cc(NCCc3c[nH]c4ccc(Cl)cc34)c3nccn3n2)c(=O)[nH]1. The van der Waals surface area contributed by atoms with Crippen LogP contribution in [0.5, 0.6) is 0 Å². The number of hydrogen-bond acceptors (Lipinski definition) is 5. The molecule has 1 aromatic carbocycles. The van der Waals surface area contributed by atoms with Gasteiger partial charge in [-0.15, -0.1) is 0 Å². The van der Waals surface area contributed by atoms with Crippen molar-refractivity contribution < 1.29 is 0 Å². The monoisotopic (exact) mass is 421 g/mol. The molecule has 5 rings (SSSR count). The minimum Gasteiger partial charge on any atom is -0.382 e. The third-order valence-electron chi connectivity index (χ3n) is 4.89. The van der Waals surface area contributed by atoms with Gasteiger partial charge in [-0.1, -0.05) is 11.6 Å². The predicted molar refractivity (Wildman–Crippen MR) is 115 cm³/mol. The van der Waals surface area contributed by atoms with Gasteiger partial charge in [-0.05, 0) is 36.2 Å². The summed E-state index contributed by atoms with van der Waals surface area (Å²) in [5.74, 6) is 0. The number of halogens is 1. The second-order valence-electron chi connectivity index (χ2n) is 6.80. The van der Waals surface area contributed by atoms with E-state index in [9.17, 15) is 9.59 Å². The molecule has 0 unspecified atom stereocenters. The van der Waals surface area contributed by atoms with E-state index < -0.39 is 11.2 Å². The summed E-state index contributed by atoms with van der Waals surface area (Å²) in [5, 5.41) is 9.58. The van der Waals surface area contributed by atoms with E-state index in [2.05, 4.69) is 30.4 Å². The number of imidazole rings is 1. The number of anilines is 1. The average Bonchev–Trinajstić information content (AvgIpc) is 3.35. The fourth-order valence-electron chi connectivity index (χ4n) is 3.47. The highest BCUT2D eigenvalue weighted by Crippen LogP contribution is 2.24. The van der Waals surface area contributed by atoms with Crippen LogP contribution in [0.15, 0.2) is 58.6 Å². The van der Waals surface area contributed by atoms with Gasteiger partial charge in [0.15, 0.2) is 5.65 Å². The van der Waals surface area contributed by atoms with Gasteiger partial charge in [0.05, 0.1) is 11.3 Å². The van der Waals surface area contributed by atoms with E-state index in [-0.39, 0.29) is 5.56 Å². The fourth-order valence-corrected chi connectivity index (χ4v) is 3.64. The fraction of sp³-hybridized carbons (Fsp3) is 0.100. The van der Waals surface area contributed by atoms with Crippen molar-refractivity contribution in [2.75, 3.05) is 11.9 Å². The lowest BCUT2D eigenvalue weighted by atomic mass is 10.1. The zero-order valence-electron chi connectivity index (χ0n) is 15.6. The van der Waals surface area contributed by atoms with Gasteiger partial charge in [0.1, 0.15) is 5.69 Å². The molecule has 0 saturated carbocycles. The molecule has 30 heavy (non-hydrogen) atoms. The quantitative estimate of drug-likeness (QED) is 0.347. The second-order valence-corrected chi connectivity index (χ2v) is 7.24. The number of nitrogens with one attached hydrogen (secondary N) is 4. The Morgan fingerprint density at radius 3 is 2.90 bits per heavy atom. The lowest BCUT2D eigenvalue weighted by Crippen LogP contribution is -2.23. The summed E-state index contributed by atoms with van der Waals surface area (Å²) < 4.78 is 1.59. The molecule has 4 aromatic heterocycles. The van der Waals surface area contributed by atoms with Crippen molar-refractivity contribution in [2.45, 2.75) is 6.42 Å². The highest BCUT2D eigenvalue weighted by Gasteiger charge is 2.12. The van der Waals surface area contributed by atoms with E-state index in [1.165, 1.54) is 6.20 Å². The summed E-state index contributed by atoms with van der Waals surface area (Å²) in [6.07, 6.45) is 7.42. The number of aromatic amines is 3. The number of benzene rings is 1. The molecule has 9 nitrogen and oxygen atoms in total. The lowest BCUT2D eigenvalue weighted by molar-refractivity contribution is 0.929. The molecule has 0 atom stereocenters. The van der Waals surface area contributed by atoms with Crippen molar-refractivity contribution in [3.05, 3.63) is 80.5 Å². The molecule has 0 amide bonds. The average molecular weight is 422 g/mol. The van der Waals surface area contributed by atoms with E-state index >= 15 is 0 Å². The van der Waals surface area contributed by atoms with Gasteiger partial charge in [0.2, 0.25) is 0 Å². The number of aromatic nitrogens is 6. The molecule has 0 fully saturated rings. The summed E-state index contributed by atoms with van der Waals surface area (Å²) in [7, 11) is 0. The van der Waals surface area contributed by atoms with Crippen LogP contribution in [-0.2, 0) is 6.42 Å². The van der Waals surface area contributed by atoms with Gasteiger partial charge in [-0.2, -0.15) is 5.10 Å². The zero-order valence-corrected chi connectivity index (χ0v) is 16.3. The van der Waals surface area contributed by atoms with Crippen LogP contribution in [0.25, 0.3) is 27.8 Å². The maximum atomic E-state index is 12.2. The third kappa shape index (κ3) is 3.25. The molecular weight excluding hydrogens is 406 g/mol. The zero-order chi connectivity index (χ0) is 20.7. The van der Waals surface area contributed by atoms with E-state index in [1.54, 1.807) is 23.0 Å². The molecule has 10 heteroatoms. The molecule has 4 N–H and O–H groups in total. The van der Waals surface area contributed by atoms with Crippen LogP contribution in [0.1, 0.15) is 5.56 Å². The Morgan fingerprint density at radius 1 is 1.13 bits per heavy atom. The van der Waals surface area contributed by atoms with E-state index in [0.717, 1.165) is 28.6 Å². The van der Waals surface area contributed by atoms with Crippen LogP contribution in [0.2, 0.25) is 5.02 Å². The van der Waals surface area contributed by atoms with Crippen molar-refractivity contribution >= 4 is 33.8 Å². The number of rotatable bonds is 5. The van der Waals surface area contributed by atoms with Crippen LogP contribution in [0.4, 0.5) is 5.69 Å². The van der Waals surface area contributed by atoms with E-state index in [4.69, 9.17) is 11.6 Å². The van der Waals surface area contributed by atoms with Gasteiger partial charge in [0.25, 0.3) is 5.56 Å². The number of nitrogens with zero attached hydrogens (tertiary/aromatic N) is 3. The molecule has 4 heterocycles. The van der Waals surface area contributed by atoms with Gasteiger partial charge in [-0.3, -0.25) is 9.78 Å². The standard InChI is InChI=1S/C20H16ClN7O2/c21-12-1-2-15-13(7-12)11(9-24-15)3-4-22-17-8-16(27-28-6-5-23-18(17)28)14-10-25-20(30)26-19(14)29/h1-2,5-10,22,24H,3-4H2,(H2,25,26,29,30). The van der Waals surface area contributed by atoms with Crippen LogP contribution in [-0.4, -0.2) is 36.1 Å². The van der Waals surface area contributed by atoms with Crippen molar-refractivity contribution in [3.63, 3.8) is 0 Å². The Morgan fingerprint density at radius 2 is 2.03 bits per heavy atom. The number of fused-ring (bicyclic) bond motifs is 2. The molecule has 0 saturated heterocycles. The minimum absolute atomic E-state index is 0.263. The lowest BCUT2D eigenvalue weighted by Gasteiger charge is -2.10. The van der Waals surface area contributed by atoms with Crippen LogP contribution in [0, 0.1) is 0 Å². The first-order valence-corrected chi connectivity index (χ1v) is 9.62. The molecule has 0 aliphatic carbocycles. The first-order valence-electron chi connectivity index (χ1n) is 9.24. The van der Waals surface area contributed by atoms with Crippen molar-refractivity contribution in [1.29, 1.82) is 0 Å². The smallest absolute Gasteiger partial charge is 0.325 e. The van der Waals surface area contributed by atoms with Gasteiger partial charge >= 0.3 is 5.69 Å². The summed E-state index contributed by atoms with van der Waals surface area (Å²) in [5.41, 5.74) is 3.16. The molecule has 0 bridgehead atoms. The van der Waals surface area contributed by atoms with Crippen LogP contribution < -0.4 is 16.6 Å². The van der Waals surface area contributed by atoms with Crippen molar-refractivity contribution in [2.24, 2.45) is 0 Å². The van der Waals surface area contributed by atoms with Crippen molar-refractivity contribution in [3.8, 4) is 11.3 Å². The molecule has 150 valence electrons. The molecule has 0 spiro atoms. The Labute approximate surface area is 173 Å². The number of hydrogen-bond donors (Lipinski definition) is 4. The normalized spacial score (nSPS) is 11.4. The first-order chi connectivity index (χ1) is 14.6. The van der Waals surface area contributed by atoms with E-state index in [1.807, 2.05) is 24.4 Å². The van der Waals surface area contributed by atoms with Gasteiger partial charge in [0, 0.05) is 47.3 Å². The van der Waals surface area contributed by atoms with Gasteiger partial charge in [-0.25, -0.2) is 14.3 Å². The summed E-state index contributed by atoms with van der Waals surface area (Å²) in [4.78, 5) is 35.8. The van der Waals surface area contributed by atoms with Crippen LogP contribution in [0.3, 0.4) is 0 Å². The van der Waals surface area contributed by atoms with Crippen molar-refractivity contribution in [1.82, 2.24) is 29.5 Å². The Kier molecular flexibility index (Phi) is 4.36. The Bertz CT molecular complexity index is 1490. The van der Waals surface area contributed by atoms with Gasteiger partial charge < -0.3 is 15.3 Å². The third-order valence-corrected chi connectivity index (χ3v) is 5.13. The highest BCUT2D eigenvalue weighted by atomic mass is 35.5.